The number of nitriles is 1. The summed E-state index contributed by atoms with van der Waals surface area (Å²) < 4.78 is 29.3. The predicted molar refractivity (Wildman–Crippen MR) is 87.8 cm³/mol. The van der Waals surface area contributed by atoms with Gasteiger partial charge in [-0.05, 0) is 52.9 Å². The number of piperidine rings is 1. The van der Waals surface area contributed by atoms with E-state index in [2.05, 4.69) is 27.3 Å². The summed E-state index contributed by atoms with van der Waals surface area (Å²) in [6.07, 6.45) is 5.47. The zero-order valence-electron chi connectivity index (χ0n) is 12.2. The van der Waals surface area contributed by atoms with Crippen molar-refractivity contribution in [2.75, 3.05) is 18.0 Å². The molecule has 1 aromatic carbocycles. The minimum absolute atomic E-state index is 0.0638. The molecule has 23 heavy (non-hydrogen) atoms. The van der Waals surface area contributed by atoms with Crippen LogP contribution < -0.4 is 4.90 Å². The molecule has 0 spiro atoms. The van der Waals surface area contributed by atoms with Crippen LogP contribution in [0, 0.1) is 29.4 Å². The Bertz CT molecular complexity index is 780. The largest absolute Gasteiger partial charge is 0.354 e. The zero-order valence-corrected chi connectivity index (χ0v) is 13.8. The average molecular weight is 377 g/mol. The molecule has 1 aromatic heterocycles. The molecule has 1 fully saturated rings. The fourth-order valence-corrected chi connectivity index (χ4v) is 3.17. The quantitative estimate of drug-likeness (QED) is 0.776. The molecule has 0 unspecified atom stereocenters. The summed E-state index contributed by atoms with van der Waals surface area (Å²) in [5.41, 5.74) is 0.567. The summed E-state index contributed by atoms with van der Waals surface area (Å²) in [5.74, 6) is -0.867. The standard InChI is InChI=1S/C17H13BrF2N3/c18-13-10-22-17(23-6-2-1-3-7-23)16(20)15(13)11-4-5-12(9-21)14(19)8-11/h1,4-5,8,10H,2-3,6-7H2. The smallest absolute Gasteiger partial charge is 0.174 e. The molecular formula is C17H13BrF2N3. The van der Waals surface area contributed by atoms with E-state index in [1.54, 1.807) is 12.1 Å². The van der Waals surface area contributed by atoms with Crippen molar-refractivity contribution in [1.82, 2.24) is 4.98 Å². The molecule has 0 amide bonds. The first-order chi connectivity index (χ1) is 11.1. The highest BCUT2D eigenvalue weighted by Crippen LogP contribution is 2.35. The van der Waals surface area contributed by atoms with Gasteiger partial charge < -0.3 is 4.90 Å². The number of aromatic nitrogens is 1. The Balaban J connectivity index is 2.08. The van der Waals surface area contributed by atoms with E-state index in [-0.39, 0.29) is 16.9 Å². The lowest BCUT2D eigenvalue weighted by atomic mass is 10.0. The number of nitrogens with zero attached hydrogens (tertiary/aromatic N) is 3. The molecule has 0 atom stereocenters. The van der Waals surface area contributed by atoms with Gasteiger partial charge in [-0.2, -0.15) is 5.26 Å². The van der Waals surface area contributed by atoms with Gasteiger partial charge in [-0.15, -0.1) is 0 Å². The van der Waals surface area contributed by atoms with Crippen molar-refractivity contribution in [3.05, 3.63) is 52.5 Å². The zero-order chi connectivity index (χ0) is 16.4. The summed E-state index contributed by atoms with van der Waals surface area (Å²) in [6, 6.07) is 5.83. The molecule has 1 aliphatic rings. The first-order valence-electron chi connectivity index (χ1n) is 7.22. The Morgan fingerprint density at radius 1 is 1.22 bits per heavy atom. The van der Waals surface area contributed by atoms with Crippen molar-refractivity contribution in [1.29, 1.82) is 5.26 Å². The highest BCUT2D eigenvalue weighted by molar-refractivity contribution is 9.10. The van der Waals surface area contributed by atoms with Crippen molar-refractivity contribution in [3.8, 4) is 17.2 Å². The van der Waals surface area contributed by atoms with Crippen molar-refractivity contribution in [2.45, 2.75) is 12.8 Å². The number of benzene rings is 1. The summed E-state index contributed by atoms with van der Waals surface area (Å²) in [5, 5.41) is 8.81. The molecule has 3 rings (SSSR count). The van der Waals surface area contributed by atoms with E-state index in [4.69, 9.17) is 5.26 Å². The van der Waals surface area contributed by atoms with Gasteiger partial charge in [-0.3, -0.25) is 0 Å². The van der Waals surface area contributed by atoms with E-state index in [0.717, 1.165) is 12.8 Å². The topological polar surface area (TPSA) is 39.9 Å². The van der Waals surface area contributed by atoms with Crippen molar-refractivity contribution in [2.24, 2.45) is 0 Å². The first kappa shape index (κ1) is 15.9. The molecule has 2 heterocycles. The van der Waals surface area contributed by atoms with Gasteiger partial charge >= 0.3 is 0 Å². The molecule has 1 radical (unpaired) electrons. The second kappa shape index (κ2) is 6.63. The van der Waals surface area contributed by atoms with Crippen molar-refractivity contribution < 1.29 is 8.78 Å². The lowest BCUT2D eigenvalue weighted by Crippen LogP contribution is -2.31. The number of anilines is 1. The summed E-state index contributed by atoms with van der Waals surface area (Å²) >= 11 is 3.29. The molecule has 0 saturated carbocycles. The van der Waals surface area contributed by atoms with E-state index < -0.39 is 11.6 Å². The van der Waals surface area contributed by atoms with Crippen LogP contribution in [-0.4, -0.2) is 18.1 Å². The number of hydrogen-bond acceptors (Lipinski definition) is 3. The summed E-state index contributed by atoms with van der Waals surface area (Å²) in [4.78, 5) is 6.08. The van der Waals surface area contributed by atoms with E-state index in [1.165, 1.54) is 18.3 Å². The SMILES string of the molecule is N#Cc1ccc(-c2c(Br)cnc(N3CC[CH]CC3)c2F)cc1F. The molecule has 0 aliphatic carbocycles. The second-order valence-electron chi connectivity index (χ2n) is 5.28. The Morgan fingerprint density at radius 2 is 1.96 bits per heavy atom. The van der Waals surface area contributed by atoms with Crippen LogP contribution in [0.1, 0.15) is 18.4 Å². The van der Waals surface area contributed by atoms with Gasteiger partial charge in [0.2, 0.25) is 0 Å². The minimum atomic E-state index is -0.665. The number of rotatable bonds is 2. The fourth-order valence-electron chi connectivity index (χ4n) is 2.66. The number of pyridine rings is 1. The normalized spacial score (nSPS) is 14.6. The fraction of sp³-hybridized carbons (Fsp3) is 0.235. The molecule has 117 valence electrons. The van der Waals surface area contributed by atoms with Gasteiger partial charge in [-0.25, -0.2) is 13.8 Å². The maximum Gasteiger partial charge on any atom is 0.174 e. The number of halogens is 3. The van der Waals surface area contributed by atoms with Crippen LogP contribution in [0.3, 0.4) is 0 Å². The molecular weight excluding hydrogens is 364 g/mol. The highest BCUT2D eigenvalue weighted by Gasteiger charge is 2.22. The van der Waals surface area contributed by atoms with Crippen molar-refractivity contribution >= 4 is 21.7 Å². The number of hydrogen-bond donors (Lipinski definition) is 0. The Hall–Kier alpha value is -2.00. The monoisotopic (exact) mass is 376 g/mol. The molecule has 6 heteroatoms. The summed E-state index contributed by atoms with van der Waals surface area (Å²) in [7, 11) is 0. The van der Waals surface area contributed by atoms with Crippen molar-refractivity contribution in [3.63, 3.8) is 0 Å². The van der Waals surface area contributed by atoms with Gasteiger partial charge in [-0.1, -0.05) is 6.07 Å². The average Bonchev–Trinajstić information content (AvgIpc) is 2.56. The van der Waals surface area contributed by atoms with E-state index in [0.29, 0.717) is 23.1 Å². The summed E-state index contributed by atoms with van der Waals surface area (Å²) in [6.45, 7) is 1.43. The van der Waals surface area contributed by atoms with Crippen LogP contribution in [0.25, 0.3) is 11.1 Å². The van der Waals surface area contributed by atoms with Gasteiger partial charge in [0, 0.05) is 29.3 Å². The second-order valence-corrected chi connectivity index (χ2v) is 6.13. The first-order valence-corrected chi connectivity index (χ1v) is 8.01. The van der Waals surface area contributed by atoms with E-state index in [9.17, 15) is 8.78 Å². The minimum Gasteiger partial charge on any atom is -0.354 e. The van der Waals surface area contributed by atoms with Crippen LogP contribution in [0.5, 0.6) is 0 Å². The van der Waals surface area contributed by atoms with Crippen LogP contribution in [-0.2, 0) is 0 Å². The maximum absolute atomic E-state index is 15.0. The van der Waals surface area contributed by atoms with E-state index >= 15 is 0 Å². The van der Waals surface area contributed by atoms with Crippen LogP contribution in [0.2, 0.25) is 0 Å². The lowest BCUT2D eigenvalue weighted by Gasteiger charge is -2.28. The molecule has 0 N–H and O–H groups in total. The van der Waals surface area contributed by atoms with Gasteiger partial charge in [0.1, 0.15) is 11.9 Å². The predicted octanol–water partition coefficient (Wildman–Crippen LogP) is 4.47. The molecule has 2 aromatic rings. The Morgan fingerprint density at radius 3 is 2.61 bits per heavy atom. The van der Waals surface area contributed by atoms with E-state index in [1.807, 2.05) is 4.90 Å². The maximum atomic E-state index is 15.0. The van der Waals surface area contributed by atoms with Crippen LogP contribution in [0.15, 0.2) is 28.9 Å². The molecule has 1 aliphatic heterocycles. The van der Waals surface area contributed by atoms with Crippen LogP contribution >= 0.6 is 15.9 Å². The third-order valence-electron chi connectivity index (χ3n) is 3.84. The third kappa shape index (κ3) is 3.06. The van der Waals surface area contributed by atoms with Crippen LogP contribution in [0.4, 0.5) is 14.6 Å². The van der Waals surface area contributed by atoms with Gasteiger partial charge in [0.15, 0.2) is 11.6 Å². The molecule has 3 nitrogen and oxygen atoms in total. The van der Waals surface area contributed by atoms with Gasteiger partial charge in [0.25, 0.3) is 0 Å². The highest BCUT2D eigenvalue weighted by atomic mass is 79.9. The molecule has 1 saturated heterocycles. The molecule has 0 bridgehead atoms. The third-order valence-corrected chi connectivity index (χ3v) is 4.44. The Kier molecular flexibility index (Phi) is 4.58. The van der Waals surface area contributed by atoms with Gasteiger partial charge in [0.05, 0.1) is 5.56 Å². The Labute approximate surface area is 141 Å². The lowest BCUT2D eigenvalue weighted by molar-refractivity contribution is 0.594.